The zero-order valence-electron chi connectivity index (χ0n) is 9.65. The van der Waals surface area contributed by atoms with Crippen LogP contribution in [0.1, 0.15) is 23.8 Å². The van der Waals surface area contributed by atoms with Gasteiger partial charge in [0.05, 0.1) is 0 Å². The lowest BCUT2D eigenvalue weighted by Gasteiger charge is -2.10. The van der Waals surface area contributed by atoms with E-state index >= 15 is 0 Å². The van der Waals surface area contributed by atoms with Crippen molar-refractivity contribution in [1.82, 2.24) is 9.88 Å². The second-order valence-corrected chi connectivity index (χ2v) is 3.53. The number of rotatable bonds is 3. The number of nitrogens with zero attached hydrogens (tertiary/aromatic N) is 2. The fraction of sp³-hybridized carbons (Fsp3) is 0.364. The molecule has 1 N–H and O–H groups in total. The molecule has 0 radical (unpaired) electrons. The van der Waals surface area contributed by atoms with Crippen LogP contribution in [0.2, 0.25) is 0 Å². The Morgan fingerprint density at radius 2 is 2.12 bits per heavy atom. The van der Waals surface area contributed by atoms with E-state index in [0.717, 1.165) is 0 Å². The second-order valence-electron chi connectivity index (χ2n) is 3.53. The average Bonchev–Trinajstić information content (AvgIpc) is 2.28. The van der Waals surface area contributed by atoms with E-state index in [4.69, 9.17) is 0 Å². The molecule has 0 spiro atoms. The van der Waals surface area contributed by atoms with Crippen molar-refractivity contribution in [2.75, 3.05) is 19.4 Å². The molecule has 86 valence electrons. The third-order valence-corrected chi connectivity index (χ3v) is 1.99. The number of carbonyl (C=O) groups excluding carboxylic acids is 2. The van der Waals surface area contributed by atoms with Crippen molar-refractivity contribution in [3.05, 3.63) is 24.0 Å². The molecule has 0 saturated carbocycles. The lowest BCUT2D eigenvalue weighted by Crippen LogP contribution is -2.23. The van der Waals surface area contributed by atoms with Crippen LogP contribution in [0, 0.1) is 0 Å². The Labute approximate surface area is 94.5 Å². The predicted molar refractivity (Wildman–Crippen MR) is 61.2 cm³/mol. The van der Waals surface area contributed by atoms with Crippen molar-refractivity contribution in [3.63, 3.8) is 0 Å². The molecule has 0 atom stereocenters. The number of hydrogen-bond donors (Lipinski definition) is 1. The van der Waals surface area contributed by atoms with Crippen LogP contribution in [-0.2, 0) is 4.79 Å². The summed E-state index contributed by atoms with van der Waals surface area (Å²) in [6, 6.07) is 3.22. The molecule has 0 fully saturated rings. The van der Waals surface area contributed by atoms with E-state index in [9.17, 15) is 9.59 Å². The van der Waals surface area contributed by atoms with Crippen LogP contribution >= 0.6 is 0 Å². The maximum atomic E-state index is 11.6. The highest BCUT2D eigenvalue weighted by Crippen LogP contribution is 2.09. The Hall–Kier alpha value is -1.91. The van der Waals surface area contributed by atoms with E-state index in [2.05, 4.69) is 10.3 Å². The van der Waals surface area contributed by atoms with Gasteiger partial charge < -0.3 is 10.2 Å². The molecular weight excluding hydrogens is 206 g/mol. The summed E-state index contributed by atoms with van der Waals surface area (Å²) in [6.07, 6.45) is 1.90. The first-order valence-electron chi connectivity index (χ1n) is 5.02. The molecule has 0 aliphatic rings. The fourth-order valence-electron chi connectivity index (χ4n) is 1.10. The minimum atomic E-state index is -0.187. The van der Waals surface area contributed by atoms with E-state index in [1.807, 2.05) is 0 Å². The van der Waals surface area contributed by atoms with Crippen molar-refractivity contribution in [2.24, 2.45) is 0 Å². The summed E-state index contributed by atoms with van der Waals surface area (Å²) < 4.78 is 0. The third-order valence-electron chi connectivity index (χ3n) is 1.99. The topological polar surface area (TPSA) is 62.3 Å². The molecule has 5 nitrogen and oxygen atoms in total. The Balaban J connectivity index is 2.87. The van der Waals surface area contributed by atoms with Crippen molar-refractivity contribution >= 4 is 17.5 Å². The number of carbonyl (C=O) groups is 2. The highest BCUT2D eigenvalue weighted by molar-refractivity contribution is 5.95. The molecule has 1 rings (SSSR count). The predicted octanol–water partition coefficient (Wildman–Crippen LogP) is 1.13. The molecule has 0 unspecified atom stereocenters. The van der Waals surface area contributed by atoms with Gasteiger partial charge in [0, 0.05) is 32.4 Å². The number of aromatic nitrogens is 1. The minimum absolute atomic E-state index is 0.0885. The molecule has 0 bridgehead atoms. The highest BCUT2D eigenvalue weighted by atomic mass is 16.2. The summed E-state index contributed by atoms with van der Waals surface area (Å²) in [5, 5.41) is 2.68. The first-order valence-corrected chi connectivity index (χ1v) is 5.02. The molecule has 0 saturated heterocycles. The molecular formula is C11H15N3O2. The number of nitrogens with one attached hydrogen (secondary N) is 1. The molecule has 0 aliphatic heterocycles. The Kier molecular flexibility index (Phi) is 3.99. The van der Waals surface area contributed by atoms with Gasteiger partial charge in [0.25, 0.3) is 5.91 Å². The molecule has 0 aliphatic carbocycles. The van der Waals surface area contributed by atoms with Crippen LogP contribution in [0.5, 0.6) is 0 Å². The summed E-state index contributed by atoms with van der Waals surface area (Å²) >= 11 is 0. The summed E-state index contributed by atoms with van der Waals surface area (Å²) in [5.74, 6) is -0.276. The first kappa shape index (κ1) is 12.2. The number of hydrogen-bond acceptors (Lipinski definition) is 3. The van der Waals surface area contributed by atoms with Crippen LogP contribution < -0.4 is 5.32 Å². The van der Waals surface area contributed by atoms with Crippen molar-refractivity contribution in [1.29, 1.82) is 0 Å². The zero-order valence-corrected chi connectivity index (χ0v) is 9.65. The number of amides is 2. The van der Waals surface area contributed by atoms with Gasteiger partial charge in [-0.3, -0.25) is 14.6 Å². The quantitative estimate of drug-likeness (QED) is 0.832. The SMILES string of the molecule is CCC(=O)Nc1ccnc(C(=O)N(C)C)c1. The molecule has 5 heteroatoms. The van der Waals surface area contributed by atoms with Gasteiger partial charge in [0.1, 0.15) is 5.69 Å². The second kappa shape index (κ2) is 5.25. The van der Waals surface area contributed by atoms with Gasteiger partial charge in [-0.25, -0.2) is 0 Å². The Morgan fingerprint density at radius 1 is 1.44 bits per heavy atom. The number of anilines is 1. The van der Waals surface area contributed by atoms with Gasteiger partial charge in [-0.15, -0.1) is 0 Å². The zero-order chi connectivity index (χ0) is 12.1. The van der Waals surface area contributed by atoms with Crippen LogP contribution in [0.3, 0.4) is 0 Å². The van der Waals surface area contributed by atoms with Crippen molar-refractivity contribution in [3.8, 4) is 0 Å². The Bertz CT molecular complexity index is 402. The molecule has 1 aromatic rings. The van der Waals surface area contributed by atoms with Crippen LogP contribution in [0.15, 0.2) is 18.3 Å². The van der Waals surface area contributed by atoms with Gasteiger partial charge >= 0.3 is 0 Å². The maximum absolute atomic E-state index is 11.6. The summed E-state index contributed by atoms with van der Waals surface area (Å²) in [4.78, 5) is 28.2. The lowest BCUT2D eigenvalue weighted by atomic mass is 10.3. The highest BCUT2D eigenvalue weighted by Gasteiger charge is 2.10. The van der Waals surface area contributed by atoms with Gasteiger partial charge in [-0.2, -0.15) is 0 Å². The standard InChI is InChI=1S/C11H15N3O2/c1-4-10(15)13-8-5-6-12-9(7-8)11(16)14(2)3/h5-7H,4H2,1-3H3,(H,12,13,15). The van der Waals surface area contributed by atoms with Crippen LogP contribution in [0.4, 0.5) is 5.69 Å². The van der Waals surface area contributed by atoms with Gasteiger partial charge in [0.15, 0.2) is 0 Å². The molecule has 16 heavy (non-hydrogen) atoms. The first-order chi connectivity index (χ1) is 7.54. The smallest absolute Gasteiger partial charge is 0.272 e. The molecule has 1 aromatic heterocycles. The summed E-state index contributed by atoms with van der Waals surface area (Å²) in [5.41, 5.74) is 0.908. The number of pyridine rings is 1. The van der Waals surface area contributed by atoms with Crippen molar-refractivity contribution in [2.45, 2.75) is 13.3 Å². The van der Waals surface area contributed by atoms with Crippen LogP contribution in [-0.4, -0.2) is 35.8 Å². The van der Waals surface area contributed by atoms with Crippen molar-refractivity contribution < 1.29 is 9.59 Å². The monoisotopic (exact) mass is 221 g/mol. The Morgan fingerprint density at radius 3 is 2.69 bits per heavy atom. The third kappa shape index (κ3) is 3.05. The maximum Gasteiger partial charge on any atom is 0.272 e. The van der Waals surface area contributed by atoms with Gasteiger partial charge in [0.2, 0.25) is 5.91 Å². The average molecular weight is 221 g/mol. The summed E-state index contributed by atoms with van der Waals surface area (Å²) in [6.45, 7) is 1.77. The van der Waals surface area contributed by atoms with E-state index in [1.165, 1.54) is 11.1 Å². The van der Waals surface area contributed by atoms with E-state index < -0.39 is 0 Å². The van der Waals surface area contributed by atoms with Crippen LogP contribution in [0.25, 0.3) is 0 Å². The molecule has 2 amide bonds. The molecule has 0 aromatic carbocycles. The van der Waals surface area contributed by atoms with E-state index in [0.29, 0.717) is 17.8 Å². The minimum Gasteiger partial charge on any atom is -0.343 e. The normalized spacial score (nSPS) is 9.69. The summed E-state index contributed by atoms with van der Waals surface area (Å²) in [7, 11) is 3.31. The fourth-order valence-corrected chi connectivity index (χ4v) is 1.10. The van der Waals surface area contributed by atoms with E-state index in [-0.39, 0.29) is 11.8 Å². The lowest BCUT2D eigenvalue weighted by molar-refractivity contribution is -0.115. The van der Waals surface area contributed by atoms with Gasteiger partial charge in [-0.05, 0) is 12.1 Å². The van der Waals surface area contributed by atoms with E-state index in [1.54, 1.807) is 33.2 Å². The largest absolute Gasteiger partial charge is 0.343 e. The molecule has 1 heterocycles. The van der Waals surface area contributed by atoms with Gasteiger partial charge in [-0.1, -0.05) is 6.92 Å².